The van der Waals surface area contributed by atoms with Crippen molar-refractivity contribution in [1.29, 1.82) is 0 Å². The standard InChI is InChI=1S/C47H39NS/c1-46(2,3)31-27-28-37-39(29-31)47(4,5)38-22-13-20-35(44(37)38)33-18-8-10-23-41(33)48(40-24-12-16-30-15-6-7-17-32(30)40)42-25-14-21-36-34-19-9-11-26-43(34)49-45(36)42/h6-29H,1-5H3. The van der Waals surface area contributed by atoms with E-state index in [2.05, 4.69) is 185 Å². The van der Waals surface area contributed by atoms with E-state index in [9.17, 15) is 0 Å². The minimum atomic E-state index is -0.102. The molecule has 9 rings (SSSR count). The number of anilines is 3. The average molecular weight is 650 g/mol. The molecular formula is C47H39NS. The molecule has 0 aliphatic heterocycles. The first-order valence-electron chi connectivity index (χ1n) is 17.3. The first-order valence-corrected chi connectivity index (χ1v) is 18.1. The number of benzene rings is 7. The van der Waals surface area contributed by atoms with Crippen LogP contribution in [-0.2, 0) is 10.8 Å². The van der Waals surface area contributed by atoms with E-state index in [-0.39, 0.29) is 10.8 Å². The number of hydrogen-bond acceptors (Lipinski definition) is 2. The van der Waals surface area contributed by atoms with Crippen LogP contribution in [0.4, 0.5) is 17.1 Å². The van der Waals surface area contributed by atoms with Crippen molar-refractivity contribution in [3.63, 3.8) is 0 Å². The zero-order valence-electron chi connectivity index (χ0n) is 28.7. The van der Waals surface area contributed by atoms with Crippen LogP contribution in [0.25, 0.3) is 53.2 Å². The molecule has 1 heterocycles. The maximum atomic E-state index is 2.53. The van der Waals surface area contributed by atoms with Crippen molar-refractivity contribution in [2.45, 2.75) is 45.4 Å². The van der Waals surface area contributed by atoms with Gasteiger partial charge in [0.1, 0.15) is 0 Å². The number of thiophene rings is 1. The molecule has 8 aromatic rings. The van der Waals surface area contributed by atoms with Gasteiger partial charge >= 0.3 is 0 Å². The predicted molar refractivity (Wildman–Crippen MR) is 213 cm³/mol. The van der Waals surface area contributed by atoms with Crippen LogP contribution in [-0.4, -0.2) is 0 Å². The van der Waals surface area contributed by atoms with Crippen molar-refractivity contribution >= 4 is 59.3 Å². The molecule has 1 nitrogen and oxygen atoms in total. The Morgan fingerprint density at radius 3 is 2.00 bits per heavy atom. The molecule has 0 spiro atoms. The maximum Gasteiger partial charge on any atom is 0.0640 e. The molecule has 0 fully saturated rings. The molecule has 0 radical (unpaired) electrons. The highest BCUT2D eigenvalue weighted by Crippen LogP contribution is 2.55. The molecule has 0 saturated heterocycles. The second-order valence-electron chi connectivity index (χ2n) is 15.0. The molecule has 49 heavy (non-hydrogen) atoms. The zero-order valence-corrected chi connectivity index (χ0v) is 29.5. The third-order valence-corrected chi connectivity index (χ3v) is 11.8. The van der Waals surface area contributed by atoms with Crippen LogP contribution in [0.1, 0.15) is 51.3 Å². The normalized spacial score (nSPS) is 13.6. The third kappa shape index (κ3) is 4.58. The van der Waals surface area contributed by atoms with Gasteiger partial charge in [0.15, 0.2) is 0 Å². The van der Waals surface area contributed by atoms with Gasteiger partial charge in [0.05, 0.1) is 21.8 Å². The Kier molecular flexibility index (Phi) is 6.67. The number of rotatable bonds is 4. The molecule has 0 amide bonds. The first kappa shape index (κ1) is 29.9. The fourth-order valence-corrected chi connectivity index (χ4v) is 9.28. The van der Waals surface area contributed by atoms with Crippen LogP contribution in [0.3, 0.4) is 0 Å². The van der Waals surface area contributed by atoms with E-state index in [4.69, 9.17) is 0 Å². The van der Waals surface area contributed by atoms with Crippen LogP contribution in [0.15, 0.2) is 146 Å². The van der Waals surface area contributed by atoms with Gasteiger partial charge in [0.25, 0.3) is 0 Å². The molecule has 0 unspecified atom stereocenters. The van der Waals surface area contributed by atoms with E-state index < -0.39 is 0 Å². The summed E-state index contributed by atoms with van der Waals surface area (Å²) in [4.78, 5) is 2.53. The van der Waals surface area contributed by atoms with E-state index >= 15 is 0 Å². The van der Waals surface area contributed by atoms with Crippen molar-refractivity contribution in [1.82, 2.24) is 0 Å². The maximum absolute atomic E-state index is 2.53. The minimum Gasteiger partial charge on any atom is -0.308 e. The molecule has 1 aromatic heterocycles. The highest BCUT2D eigenvalue weighted by atomic mass is 32.1. The quantitative estimate of drug-likeness (QED) is 0.183. The lowest BCUT2D eigenvalue weighted by atomic mass is 9.79. The van der Waals surface area contributed by atoms with Gasteiger partial charge in [-0.3, -0.25) is 0 Å². The Morgan fingerprint density at radius 1 is 0.510 bits per heavy atom. The summed E-state index contributed by atoms with van der Waals surface area (Å²) in [5, 5.41) is 5.07. The molecule has 1 aliphatic rings. The van der Waals surface area contributed by atoms with Gasteiger partial charge in [-0.2, -0.15) is 0 Å². The first-order chi connectivity index (χ1) is 23.7. The summed E-state index contributed by atoms with van der Waals surface area (Å²) in [6, 6.07) is 54.3. The summed E-state index contributed by atoms with van der Waals surface area (Å²) in [6.45, 7) is 11.7. The van der Waals surface area contributed by atoms with Gasteiger partial charge < -0.3 is 4.90 Å². The molecular weight excluding hydrogens is 611 g/mol. The highest BCUT2D eigenvalue weighted by Gasteiger charge is 2.38. The van der Waals surface area contributed by atoms with E-state index in [0.717, 1.165) is 0 Å². The van der Waals surface area contributed by atoms with Crippen LogP contribution in [0, 0.1) is 0 Å². The smallest absolute Gasteiger partial charge is 0.0640 e. The largest absolute Gasteiger partial charge is 0.308 e. The predicted octanol–water partition coefficient (Wildman–Crippen LogP) is 13.9. The summed E-state index contributed by atoms with van der Waals surface area (Å²) >= 11 is 1.89. The minimum absolute atomic E-state index is 0.0852. The van der Waals surface area contributed by atoms with Crippen molar-refractivity contribution in [2.75, 3.05) is 4.90 Å². The molecule has 2 heteroatoms. The van der Waals surface area contributed by atoms with E-state index in [1.54, 1.807) is 0 Å². The van der Waals surface area contributed by atoms with Crippen molar-refractivity contribution in [3.8, 4) is 22.3 Å². The Bertz CT molecular complexity index is 2570. The lowest BCUT2D eigenvalue weighted by Gasteiger charge is -2.30. The molecule has 1 aliphatic carbocycles. The number of nitrogens with zero attached hydrogens (tertiary/aromatic N) is 1. The molecule has 0 N–H and O–H groups in total. The fraction of sp³-hybridized carbons (Fsp3) is 0.149. The Labute approximate surface area is 293 Å². The van der Waals surface area contributed by atoms with E-state index in [1.165, 1.54) is 87.0 Å². The van der Waals surface area contributed by atoms with Crippen LogP contribution < -0.4 is 4.90 Å². The Hall–Kier alpha value is -5.18. The van der Waals surface area contributed by atoms with Gasteiger partial charge in [0.2, 0.25) is 0 Å². The van der Waals surface area contributed by atoms with Crippen molar-refractivity contribution < 1.29 is 0 Å². The van der Waals surface area contributed by atoms with Gasteiger partial charge in [-0.1, -0.05) is 156 Å². The summed E-state index contributed by atoms with van der Waals surface area (Å²) in [7, 11) is 0. The second kappa shape index (κ2) is 10.9. The Morgan fingerprint density at radius 2 is 1.14 bits per heavy atom. The molecule has 0 bridgehead atoms. The topological polar surface area (TPSA) is 3.24 Å². The summed E-state index contributed by atoms with van der Waals surface area (Å²) in [6.07, 6.45) is 0. The SMILES string of the molecule is CC(C)(C)c1ccc2c(c1)C(C)(C)c1cccc(-c3ccccc3N(c3cccc4ccccc34)c3cccc4c3sc3ccccc34)c1-2. The lowest BCUT2D eigenvalue weighted by Crippen LogP contribution is -2.17. The zero-order chi connectivity index (χ0) is 33.5. The molecule has 0 atom stereocenters. The van der Waals surface area contributed by atoms with Crippen LogP contribution >= 0.6 is 11.3 Å². The van der Waals surface area contributed by atoms with Crippen molar-refractivity contribution in [2.24, 2.45) is 0 Å². The van der Waals surface area contributed by atoms with Crippen LogP contribution in [0.5, 0.6) is 0 Å². The monoisotopic (exact) mass is 649 g/mol. The van der Waals surface area contributed by atoms with E-state index in [0.29, 0.717) is 0 Å². The summed E-state index contributed by atoms with van der Waals surface area (Å²) in [5.41, 5.74) is 12.9. The van der Waals surface area contributed by atoms with Gasteiger partial charge in [-0.25, -0.2) is 0 Å². The van der Waals surface area contributed by atoms with Crippen molar-refractivity contribution in [3.05, 3.63) is 162 Å². The molecule has 7 aromatic carbocycles. The van der Waals surface area contributed by atoms with Gasteiger partial charge in [-0.15, -0.1) is 11.3 Å². The van der Waals surface area contributed by atoms with Gasteiger partial charge in [0, 0.05) is 31.8 Å². The van der Waals surface area contributed by atoms with Gasteiger partial charge in [-0.05, 0) is 68.4 Å². The fourth-order valence-electron chi connectivity index (χ4n) is 8.08. The number of hydrogen-bond donors (Lipinski definition) is 0. The summed E-state index contributed by atoms with van der Waals surface area (Å²) < 4.78 is 2.61. The number of fused-ring (bicyclic) bond motifs is 7. The summed E-state index contributed by atoms with van der Waals surface area (Å²) in [5.74, 6) is 0. The number of para-hydroxylation sites is 1. The Balaban J connectivity index is 1.35. The second-order valence-corrected chi connectivity index (χ2v) is 16.0. The van der Waals surface area contributed by atoms with Crippen LogP contribution in [0.2, 0.25) is 0 Å². The third-order valence-electron chi connectivity index (χ3n) is 10.6. The molecule has 238 valence electrons. The average Bonchev–Trinajstić information content (AvgIpc) is 3.61. The highest BCUT2D eigenvalue weighted by molar-refractivity contribution is 7.26. The van der Waals surface area contributed by atoms with E-state index in [1.807, 2.05) is 11.3 Å². The molecule has 0 saturated carbocycles. The lowest BCUT2D eigenvalue weighted by molar-refractivity contribution is 0.584.